The van der Waals surface area contributed by atoms with E-state index < -0.39 is 0 Å². The van der Waals surface area contributed by atoms with Crippen molar-refractivity contribution >= 4 is 17.4 Å². The Kier molecular flexibility index (Phi) is 5.22. The van der Waals surface area contributed by atoms with Gasteiger partial charge in [-0.25, -0.2) is 9.97 Å². The molecule has 0 atom stereocenters. The van der Waals surface area contributed by atoms with Crippen molar-refractivity contribution in [1.29, 1.82) is 0 Å². The second-order valence-electron chi connectivity index (χ2n) is 7.48. The summed E-state index contributed by atoms with van der Waals surface area (Å²) < 4.78 is 7.87. The Labute approximate surface area is 180 Å². The molecule has 1 aromatic carbocycles. The van der Waals surface area contributed by atoms with E-state index in [9.17, 15) is 4.79 Å². The summed E-state index contributed by atoms with van der Waals surface area (Å²) in [5.41, 5.74) is 2.36. The molecule has 3 aromatic heterocycles. The average Bonchev–Trinajstić information content (AvgIpc) is 3.26. The van der Waals surface area contributed by atoms with Crippen LogP contribution < -0.4 is 9.64 Å². The molecule has 31 heavy (non-hydrogen) atoms. The van der Waals surface area contributed by atoms with Crippen LogP contribution in [0, 0.1) is 0 Å². The van der Waals surface area contributed by atoms with Gasteiger partial charge in [-0.1, -0.05) is 18.2 Å². The van der Waals surface area contributed by atoms with Gasteiger partial charge < -0.3 is 18.9 Å². The molecule has 1 fully saturated rings. The molecule has 4 aromatic rings. The summed E-state index contributed by atoms with van der Waals surface area (Å²) >= 11 is 0. The van der Waals surface area contributed by atoms with E-state index in [1.165, 1.54) is 0 Å². The summed E-state index contributed by atoms with van der Waals surface area (Å²) in [5, 5.41) is 0. The van der Waals surface area contributed by atoms with Gasteiger partial charge in [-0.3, -0.25) is 4.79 Å². The van der Waals surface area contributed by atoms with Gasteiger partial charge in [0, 0.05) is 50.3 Å². The Hall–Kier alpha value is -3.87. The van der Waals surface area contributed by atoms with Crippen molar-refractivity contribution in [2.45, 2.75) is 6.61 Å². The van der Waals surface area contributed by atoms with Gasteiger partial charge in [0.05, 0.1) is 5.69 Å². The molecule has 1 saturated heterocycles. The number of piperazine rings is 1. The summed E-state index contributed by atoms with van der Waals surface area (Å²) in [5.74, 6) is 1.64. The van der Waals surface area contributed by atoms with Crippen molar-refractivity contribution in [1.82, 2.24) is 19.3 Å². The number of benzene rings is 1. The number of fused-ring (bicyclic) bond motifs is 1. The molecular formula is C24H23N5O2. The second-order valence-corrected chi connectivity index (χ2v) is 7.48. The molecule has 0 aliphatic carbocycles. The van der Waals surface area contributed by atoms with Crippen LogP contribution >= 0.6 is 0 Å². The molecule has 1 aliphatic heterocycles. The Bertz CT molecular complexity index is 1150. The van der Waals surface area contributed by atoms with Crippen LogP contribution in [0.4, 0.5) is 5.82 Å². The number of hydrogen-bond acceptors (Lipinski definition) is 5. The molecule has 7 heteroatoms. The molecule has 0 radical (unpaired) electrons. The van der Waals surface area contributed by atoms with Crippen LogP contribution in [0.3, 0.4) is 0 Å². The van der Waals surface area contributed by atoms with E-state index in [0.29, 0.717) is 31.0 Å². The molecule has 5 rings (SSSR count). The molecule has 1 aliphatic rings. The van der Waals surface area contributed by atoms with Gasteiger partial charge >= 0.3 is 0 Å². The molecule has 0 N–H and O–H groups in total. The van der Waals surface area contributed by atoms with Crippen LogP contribution in [0.15, 0.2) is 79.3 Å². The minimum atomic E-state index is 0.0267. The van der Waals surface area contributed by atoms with Crippen molar-refractivity contribution in [2.24, 2.45) is 0 Å². The Balaban J connectivity index is 1.21. The van der Waals surface area contributed by atoms with Crippen LogP contribution in [-0.4, -0.2) is 51.4 Å². The molecule has 156 valence electrons. The number of amides is 1. The Morgan fingerprint density at radius 3 is 2.65 bits per heavy atom. The van der Waals surface area contributed by atoms with E-state index in [1.54, 1.807) is 6.20 Å². The fraction of sp³-hybridized carbons (Fsp3) is 0.208. The lowest BCUT2D eigenvalue weighted by Gasteiger charge is -2.35. The van der Waals surface area contributed by atoms with Crippen LogP contribution in [0.1, 0.15) is 16.1 Å². The van der Waals surface area contributed by atoms with Gasteiger partial charge in [0.25, 0.3) is 5.91 Å². The normalized spacial score (nSPS) is 14.1. The molecule has 0 spiro atoms. The first-order valence-corrected chi connectivity index (χ1v) is 10.4. The average molecular weight is 413 g/mol. The van der Waals surface area contributed by atoms with E-state index in [1.807, 2.05) is 82.4 Å². The van der Waals surface area contributed by atoms with Gasteiger partial charge in [-0.2, -0.15) is 0 Å². The second kappa shape index (κ2) is 8.47. The van der Waals surface area contributed by atoms with Gasteiger partial charge in [-0.05, 0) is 42.5 Å². The van der Waals surface area contributed by atoms with Crippen LogP contribution in [-0.2, 0) is 6.61 Å². The fourth-order valence-electron chi connectivity index (χ4n) is 3.79. The number of aromatic nitrogens is 3. The minimum Gasteiger partial charge on any atom is -0.487 e. The lowest BCUT2D eigenvalue weighted by molar-refractivity contribution is 0.0746. The first-order valence-electron chi connectivity index (χ1n) is 10.4. The highest BCUT2D eigenvalue weighted by Gasteiger charge is 2.23. The van der Waals surface area contributed by atoms with Crippen molar-refractivity contribution in [3.05, 3.63) is 90.5 Å². The van der Waals surface area contributed by atoms with Crippen molar-refractivity contribution in [3.8, 4) is 5.75 Å². The molecule has 0 unspecified atom stereocenters. The van der Waals surface area contributed by atoms with Crippen molar-refractivity contribution in [2.75, 3.05) is 31.1 Å². The third-order valence-electron chi connectivity index (χ3n) is 5.42. The van der Waals surface area contributed by atoms with E-state index in [-0.39, 0.29) is 5.91 Å². The van der Waals surface area contributed by atoms with Crippen LogP contribution in [0.2, 0.25) is 0 Å². The minimum absolute atomic E-state index is 0.0267. The first-order chi connectivity index (χ1) is 15.3. The molecular weight excluding hydrogens is 390 g/mol. The number of carbonyl (C=O) groups excluding carboxylic acids is 1. The maximum absolute atomic E-state index is 13.0. The zero-order chi connectivity index (χ0) is 21.0. The highest BCUT2D eigenvalue weighted by Crippen LogP contribution is 2.19. The Morgan fingerprint density at radius 2 is 1.84 bits per heavy atom. The zero-order valence-corrected chi connectivity index (χ0v) is 17.1. The van der Waals surface area contributed by atoms with E-state index in [2.05, 4.69) is 14.9 Å². The van der Waals surface area contributed by atoms with Gasteiger partial charge in [-0.15, -0.1) is 0 Å². The quantitative estimate of drug-likeness (QED) is 0.503. The topological polar surface area (TPSA) is 63.0 Å². The summed E-state index contributed by atoms with van der Waals surface area (Å²) in [6, 6.07) is 19.1. The first kappa shape index (κ1) is 19.1. The monoisotopic (exact) mass is 413 g/mol. The van der Waals surface area contributed by atoms with Gasteiger partial charge in [0.1, 0.15) is 23.8 Å². The predicted molar refractivity (Wildman–Crippen MR) is 118 cm³/mol. The number of carbonyl (C=O) groups is 1. The van der Waals surface area contributed by atoms with E-state index in [4.69, 9.17) is 4.74 Å². The molecule has 4 heterocycles. The predicted octanol–water partition coefficient (Wildman–Crippen LogP) is 3.27. The third kappa shape index (κ3) is 4.21. The number of pyridine rings is 2. The highest BCUT2D eigenvalue weighted by atomic mass is 16.5. The maximum atomic E-state index is 13.0. The van der Waals surface area contributed by atoms with E-state index in [0.717, 1.165) is 30.2 Å². The van der Waals surface area contributed by atoms with Gasteiger partial charge in [0.2, 0.25) is 0 Å². The standard InChI is InChI=1S/C24H23N5O2/c30-24(28-14-12-27(13-15-28)22-8-1-3-10-25-22)19-6-5-7-21(16-19)31-18-20-17-29-11-4-2-9-23(29)26-20/h1-11,16-17H,12-15,18H2. The number of rotatable bonds is 5. The number of imidazole rings is 1. The van der Waals surface area contributed by atoms with Crippen molar-refractivity contribution in [3.63, 3.8) is 0 Å². The SMILES string of the molecule is O=C(c1cccc(OCc2cn3ccccc3n2)c1)N1CCN(c2ccccn2)CC1. The molecule has 7 nitrogen and oxygen atoms in total. The molecule has 0 saturated carbocycles. The molecule has 0 bridgehead atoms. The molecule has 1 amide bonds. The smallest absolute Gasteiger partial charge is 0.254 e. The van der Waals surface area contributed by atoms with E-state index >= 15 is 0 Å². The zero-order valence-electron chi connectivity index (χ0n) is 17.1. The summed E-state index contributed by atoms with van der Waals surface area (Å²) in [6.45, 7) is 3.23. The summed E-state index contributed by atoms with van der Waals surface area (Å²) in [4.78, 5) is 26.0. The number of nitrogens with zero attached hydrogens (tertiary/aromatic N) is 5. The Morgan fingerprint density at radius 1 is 0.968 bits per heavy atom. The highest BCUT2D eigenvalue weighted by molar-refractivity contribution is 5.94. The van der Waals surface area contributed by atoms with Crippen LogP contribution in [0.25, 0.3) is 5.65 Å². The lowest BCUT2D eigenvalue weighted by atomic mass is 10.1. The number of ether oxygens (including phenoxy) is 1. The largest absolute Gasteiger partial charge is 0.487 e. The number of hydrogen-bond donors (Lipinski definition) is 0. The van der Waals surface area contributed by atoms with Crippen molar-refractivity contribution < 1.29 is 9.53 Å². The fourth-order valence-corrected chi connectivity index (χ4v) is 3.79. The summed E-state index contributed by atoms with van der Waals surface area (Å²) in [6.07, 6.45) is 5.70. The third-order valence-corrected chi connectivity index (χ3v) is 5.42. The van der Waals surface area contributed by atoms with Crippen LogP contribution in [0.5, 0.6) is 5.75 Å². The number of anilines is 1. The van der Waals surface area contributed by atoms with Gasteiger partial charge in [0.15, 0.2) is 0 Å². The summed E-state index contributed by atoms with van der Waals surface area (Å²) in [7, 11) is 0. The lowest BCUT2D eigenvalue weighted by Crippen LogP contribution is -2.49. The maximum Gasteiger partial charge on any atom is 0.254 e.